The number of rotatable bonds is 6. The predicted molar refractivity (Wildman–Crippen MR) is 74.9 cm³/mol. The summed E-state index contributed by atoms with van der Waals surface area (Å²) in [6.45, 7) is 5.37. The van der Waals surface area contributed by atoms with Gasteiger partial charge in [0.2, 0.25) is 0 Å². The molecular weight excluding hydrogens is 242 g/mol. The average Bonchev–Trinajstić information content (AvgIpc) is 2.39. The van der Waals surface area contributed by atoms with Crippen LogP contribution in [0.4, 0.5) is 0 Å². The van der Waals surface area contributed by atoms with Gasteiger partial charge >= 0.3 is 0 Å². The van der Waals surface area contributed by atoms with Gasteiger partial charge in [0, 0.05) is 13.1 Å². The van der Waals surface area contributed by atoms with E-state index in [1.54, 1.807) is 12.1 Å². The second-order valence-electron chi connectivity index (χ2n) is 4.28. The number of nitrogens with one attached hydrogen (secondary N) is 1. The van der Waals surface area contributed by atoms with E-state index in [1.807, 2.05) is 23.1 Å². The summed E-state index contributed by atoms with van der Waals surface area (Å²) in [6, 6.07) is 7.24. The Labute approximate surface area is 111 Å². The van der Waals surface area contributed by atoms with Crippen LogP contribution in [-0.4, -0.2) is 39.7 Å². The summed E-state index contributed by atoms with van der Waals surface area (Å²) in [6.07, 6.45) is 1.76. The van der Waals surface area contributed by atoms with Gasteiger partial charge in [-0.05, 0) is 12.1 Å². The lowest BCUT2D eigenvalue weighted by Crippen LogP contribution is -2.28. The lowest BCUT2D eigenvalue weighted by molar-refractivity contribution is 0.200. The fourth-order valence-corrected chi connectivity index (χ4v) is 1.98. The van der Waals surface area contributed by atoms with Crippen LogP contribution >= 0.6 is 0 Å². The summed E-state index contributed by atoms with van der Waals surface area (Å²) in [5.74, 6) is 0.596. The predicted octanol–water partition coefficient (Wildman–Crippen LogP) is 0.903. The first-order chi connectivity index (χ1) is 9.24. The quantitative estimate of drug-likeness (QED) is 0.756. The van der Waals surface area contributed by atoms with E-state index in [1.165, 1.54) is 0 Å². The minimum atomic E-state index is -0.136. The van der Waals surface area contributed by atoms with Crippen LogP contribution < -0.4 is 5.56 Å². The molecule has 0 aliphatic heterocycles. The van der Waals surface area contributed by atoms with Gasteiger partial charge < -0.3 is 10.1 Å². The van der Waals surface area contributed by atoms with Crippen molar-refractivity contribution < 1.29 is 5.11 Å². The molecule has 1 aromatic carbocycles. The molecule has 5 nitrogen and oxygen atoms in total. The highest BCUT2D eigenvalue weighted by atomic mass is 16.3. The normalized spacial score (nSPS) is 11.1. The number of aromatic amines is 1. The summed E-state index contributed by atoms with van der Waals surface area (Å²) in [5, 5.41) is 9.59. The molecule has 0 bridgehead atoms. The van der Waals surface area contributed by atoms with Crippen molar-refractivity contribution in [2.75, 3.05) is 19.7 Å². The van der Waals surface area contributed by atoms with Gasteiger partial charge in [0.1, 0.15) is 5.82 Å². The van der Waals surface area contributed by atoms with Crippen molar-refractivity contribution in [1.29, 1.82) is 0 Å². The molecule has 1 aromatic heterocycles. The Bertz CT molecular complexity index is 621. The highest BCUT2D eigenvalue weighted by Gasteiger charge is 2.07. The summed E-state index contributed by atoms with van der Waals surface area (Å²) in [7, 11) is 0. The Balaban J connectivity index is 2.29. The van der Waals surface area contributed by atoms with E-state index < -0.39 is 0 Å². The summed E-state index contributed by atoms with van der Waals surface area (Å²) in [4.78, 5) is 21.1. The molecule has 0 amide bonds. The van der Waals surface area contributed by atoms with E-state index in [0.29, 0.717) is 36.4 Å². The molecule has 19 heavy (non-hydrogen) atoms. The van der Waals surface area contributed by atoms with Crippen LogP contribution in [0.2, 0.25) is 0 Å². The summed E-state index contributed by atoms with van der Waals surface area (Å²) < 4.78 is 0. The van der Waals surface area contributed by atoms with Crippen LogP contribution in [0.5, 0.6) is 0 Å². The largest absolute Gasteiger partial charge is 0.395 e. The molecule has 5 heteroatoms. The molecule has 0 aliphatic rings. The maximum absolute atomic E-state index is 11.9. The first kappa shape index (κ1) is 13.5. The Kier molecular flexibility index (Phi) is 4.43. The Hall–Kier alpha value is -1.98. The average molecular weight is 259 g/mol. The molecule has 2 aromatic rings. The molecule has 0 unspecified atom stereocenters. The fraction of sp³-hybridized carbons (Fsp3) is 0.286. The minimum Gasteiger partial charge on any atom is -0.395 e. The molecule has 2 rings (SSSR count). The molecule has 0 saturated carbocycles. The zero-order chi connectivity index (χ0) is 13.7. The summed E-state index contributed by atoms with van der Waals surface area (Å²) >= 11 is 0. The van der Waals surface area contributed by atoms with Gasteiger partial charge in [-0.2, -0.15) is 0 Å². The van der Waals surface area contributed by atoms with E-state index in [0.717, 1.165) is 0 Å². The van der Waals surface area contributed by atoms with Crippen molar-refractivity contribution in [3.63, 3.8) is 0 Å². The molecule has 2 N–H and O–H groups in total. The van der Waals surface area contributed by atoms with Gasteiger partial charge in [0.25, 0.3) is 5.56 Å². The van der Waals surface area contributed by atoms with Gasteiger partial charge in [-0.15, -0.1) is 6.58 Å². The number of nitrogens with zero attached hydrogens (tertiary/aromatic N) is 2. The highest BCUT2D eigenvalue weighted by Crippen LogP contribution is 2.07. The molecule has 1 heterocycles. The van der Waals surface area contributed by atoms with Gasteiger partial charge in [-0.1, -0.05) is 18.2 Å². The third kappa shape index (κ3) is 3.27. The fourth-order valence-electron chi connectivity index (χ4n) is 1.98. The molecule has 0 saturated heterocycles. The number of para-hydroxylation sites is 1. The van der Waals surface area contributed by atoms with Gasteiger partial charge in [-0.25, -0.2) is 4.98 Å². The van der Waals surface area contributed by atoms with Crippen molar-refractivity contribution in [2.24, 2.45) is 0 Å². The Morgan fingerprint density at radius 2 is 2.21 bits per heavy atom. The number of aliphatic hydroxyl groups is 1. The second-order valence-corrected chi connectivity index (χ2v) is 4.28. The second kappa shape index (κ2) is 6.26. The van der Waals surface area contributed by atoms with Crippen molar-refractivity contribution in [3.8, 4) is 0 Å². The number of benzene rings is 1. The van der Waals surface area contributed by atoms with Crippen LogP contribution in [0.15, 0.2) is 41.7 Å². The van der Waals surface area contributed by atoms with Crippen LogP contribution in [0, 0.1) is 0 Å². The van der Waals surface area contributed by atoms with Crippen molar-refractivity contribution in [3.05, 3.63) is 53.1 Å². The number of aliphatic hydroxyl groups excluding tert-OH is 1. The molecule has 0 radical (unpaired) electrons. The van der Waals surface area contributed by atoms with E-state index in [-0.39, 0.29) is 12.2 Å². The molecule has 0 aliphatic carbocycles. The standard InChI is InChI=1S/C14H17N3O2/c1-2-7-17(8-9-18)10-13-15-12-6-4-3-5-11(12)14(19)16-13/h2-6,18H,1,7-10H2,(H,15,16,19). The zero-order valence-electron chi connectivity index (χ0n) is 10.7. The highest BCUT2D eigenvalue weighted by molar-refractivity contribution is 5.77. The zero-order valence-corrected chi connectivity index (χ0v) is 10.7. The van der Waals surface area contributed by atoms with E-state index >= 15 is 0 Å². The lowest BCUT2D eigenvalue weighted by Gasteiger charge is -2.18. The Morgan fingerprint density at radius 1 is 1.42 bits per heavy atom. The van der Waals surface area contributed by atoms with Gasteiger partial charge in [-0.3, -0.25) is 9.69 Å². The van der Waals surface area contributed by atoms with Crippen molar-refractivity contribution in [1.82, 2.24) is 14.9 Å². The first-order valence-electron chi connectivity index (χ1n) is 6.16. The molecule has 0 fully saturated rings. The van der Waals surface area contributed by atoms with E-state index in [9.17, 15) is 4.79 Å². The topological polar surface area (TPSA) is 69.2 Å². The third-order valence-corrected chi connectivity index (χ3v) is 2.84. The van der Waals surface area contributed by atoms with Crippen LogP contribution in [0.1, 0.15) is 5.82 Å². The molecular formula is C14H17N3O2. The first-order valence-corrected chi connectivity index (χ1v) is 6.16. The number of hydrogen-bond acceptors (Lipinski definition) is 4. The lowest BCUT2D eigenvalue weighted by atomic mass is 10.2. The summed E-state index contributed by atoms with van der Waals surface area (Å²) in [5.41, 5.74) is 0.548. The van der Waals surface area contributed by atoms with E-state index in [2.05, 4.69) is 16.5 Å². The molecule has 0 spiro atoms. The van der Waals surface area contributed by atoms with E-state index in [4.69, 9.17) is 5.11 Å². The molecule has 100 valence electrons. The number of fused-ring (bicyclic) bond motifs is 1. The maximum Gasteiger partial charge on any atom is 0.258 e. The monoisotopic (exact) mass is 259 g/mol. The van der Waals surface area contributed by atoms with Crippen molar-refractivity contribution >= 4 is 10.9 Å². The maximum atomic E-state index is 11.9. The SMILES string of the molecule is C=CCN(CCO)Cc1nc2ccccc2c(=O)[nH]1. The number of hydrogen-bond donors (Lipinski definition) is 2. The van der Waals surface area contributed by atoms with Crippen LogP contribution in [0.25, 0.3) is 10.9 Å². The smallest absolute Gasteiger partial charge is 0.258 e. The minimum absolute atomic E-state index is 0.0612. The third-order valence-electron chi connectivity index (χ3n) is 2.84. The van der Waals surface area contributed by atoms with Crippen LogP contribution in [0.3, 0.4) is 0 Å². The number of aromatic nitrogens is 2. The van der Waals surface area contributed by atoms with Crippen LogP contribution in [-0.2, 0) is 6.54 Å². The van der Waals surface area contributed by atoms with Gasteiger partial charge in [0.05, 0.1) is 24.1 Å². The molecule has 0 atom stereocenters. The number of H-pyrrole nitrogens is 1. The van der Waals surface area contributed by atoms with Gasteiger partial charge in [0.15, 0.2) is 0 Å². The Morgan fingerprint density at radius 3 is 2.95 bits per heavy atom. The van der Waals surface area contributed by atoms with Crippen molar-refractivity contribution in [2.45, 2.75) is 6.54 Å².